The molecule has 0 saturated heterocycles. The van der Waals surface area contributed by atoms with E-state index >= 15 is 0 Å². The molecule has 0 aliphatic heterocycles. The fourth-order valence-corrected chi connectivity index (χ4v) is 3.71. The van der Waals surface area contributed by atoms with Gasteiger partial charge < -0.3 is 4.84 Å². The molecule has 0 spiro atoms. The maximum atomic E-state index is 13.1. The van der Waals surface area contributed by atoms with Crippen LogP contribution in [-0.4, -0.2) is 23.0 Å². The summed E-state index contributed by atoms with van der Waals surface area (Å²) in [5.41, 5.74) is 7.08. The van der Waals surface area contributed by atoms with Gasteiger partial charge in [-0.2, -0.15) is 0 Å². The molecule has 0 bridgehead atoms. The smallest absolute Gasteiger partial charge is 0.312 e. The summed E-state index contributed by atoms with van der Waals surface area (Å²) in [6.07, 6.45) is 6.17. The zero-order valence-electron chi connectivity index (χ0n) is 21.0. The number of hydrogen-bond acceptors (Lipinski definition) is 4. The van der Waals surface area contributed by atoms with E-state index in [-0.39, 0.29) is 6.42 Å². The number of amides is 2. The number of allylic oxidation sites excluding steroid dienone is 1. The third-order valence-corrected chi connectivity index (χ3v) is 5.56. The Morgan fingerprint density at radius 3 is 2.14 bits per heavy atom. The van der Waals surface area contributed by atoms with Gasteiger partial charge in [-0.1, -0.05) is 83.9 Å². The molecule has 0 radical (unpaired) electrons. The highest BCUT2D eigenvalue weighted by Crippen LogP contribution is 2.13. The van der Waals surface area contributed by atoms with Gasteiger partial charge in [-0.25, -0.2) is 10.2 Å². The van der Waals surface area contributed by atoms with E-state index in [9.17, 15) is 14.4 Å². The van der Waals surface area contributed by atoms with Crippen molar-refractivity contribution in [1.82, 2.24) is 10.6 Å². The lowest BCUT2D eigenvalue weighted by Gasteiger charge is -2.21. The van der Waals surface area contributed by atoms with Gasteiger partial charge in [-0.15, -0.1) is 0 Å². The zero-order chi connectivity index (χ0) is 25.9. The van der Waals surface area contributed by atoms with E-state index in [4.69, 9.17) is 4.84 Å². The Morgan fingerprint density at radius 1 is 0.833 bits per heavy atom. The lowest BCUT2D eigenvalue weighted by atomic mass is 10.1. The summed E-state index contributed by atoms with van der Waals surface area (Å²) in [5.74, 6) is -1.85. The third-order valence-electron chi connectivity index (χ3n) is 5.56. The van der Waals surface area contributed by atoms with Crippen LogP contribution in [0.25, 0.3) is 0 Å². The predicted octanol–water partition coefficient (Wildman–Crippen LogP) is 5.69. The van der Waals surface area contributed by atoms with Gasteiger partial charge in [0, 0.05) is 12.0 Å². The Hall–Kier alpha value is -4.19. The molecule has 3 aromatic carbocycles. The number of hydrazine groups is 1. The van der Waals surface area contributed by atoms with E-state index in [1.807, 2.05) is 63.2 Å². The van der Waals surface area contributed by atoms with Crippen molar-refractivity contribution in [2.45, 2.75) is 46.5 Å². The summed E-state index contributed by atoms with van der Waals surface area (Å²) < 4.78 is 0. The van der Waals surface area contributed by atoms with Crippen molar-refractivity contribution in [3.8, 4) is 0 Å². The summed E-state index contributed by atoms with van der Waals surface area (Å²) in [6.45, 7) is 5.75. The summed E-state index contributed by atoms with van der Waals surface area (Å²) in [5, 5.41) is 0.626. The molecule has 0 aliphatic carbocycles. The Balaban J connectivity index is 1.67. The molecule has 0 unspecified atom stereocenters. The summed E-state index contributed by atoms with van der Waals surface area (Å²) in [6, 6.07) is 22.3. The van der Waals surface area contributed by atoms with Crippen LogP contribution in [0.1, 0.15) is 62.7 Å². The highest BCUT2D eigenvalue weighted by molar-refractivity contribution is 5.97. The molecular weight excluding hydrogens is 452 g/mol. The summed E-state index contributed by atoms with van der Waals surface area (Å²) >= 11 is 0. The number of nitrogens with zero attached hydrogens (tertiary/aromatic N) is 1. The quantitative estimate of drug-likeness (QED) is 0.329. The first-order chi connectivity index (χ1) is 17.4. The van der Waals surface area contributed by atoms with Crippen LogP contribution < -0.4 is 5.43 Å². The van der Waals surface area contributed by atoms with Gasteiger partial charge in [0.05, 0.1) is 5.56 Å². The van der Waals surface area contributed by atoms with Crippen molar-refractivity contribution in [3.63, 3.8) is 0 Å². The van der Waals surface area contributed by atoms with E-state index < -0.39 is 17.8 Å². The zero-order valence-corrected chi connectivity index (χ0v) is 21.0. The highest BCUT2D eigenvalue weighted by atomic mass is 16.7. The van der Waals surface area contributed by atoms with E-state index in [1.165, 1.54) is 5.56 Å². The molecule has 1 N–H and O–H groups in total. The summed E-state index contributed by atoms with van der Waals surface area (Å²) in [7, 11) is 0. The standard InChI is InChI=1S/C30H32N2O4/c1-4-24-15-17-26(18-16-24)29(34)32(36-30(35)27-20-22(2)19-23(3)21-27)31-28(33)14-10-6-9-13-25-11-7-5-8-12-25/h5-8,10-12,15-21H,4,9,13-14H2,1-3H3,(H,31,33). The van der Waals surface area contributed by atoms with Gasteiger partial charge in [-0.3, -0.25) is 9.59 Å². The van der Waals surface area contributed by atoms with Gasteiger partial charge in [0.2, 0.25) is 5.91 Å². The molecule has 3 rings (SSSR count). The molecule has 6 nitrogen and oxygen atoms in total. The first-order valence-corrected chi connectivity index (χ1v) is 12.1. The molecule has 36 heavy (non-hydrogen) atoms. The van der Waals surface area contributed by atoms with Crippen LogP contribution in [0.4, 0.5) is 0 Å². The molecule has 0 saturated carbocycles. The molecule has 0 aromatic heterocycles. The highest BCUT2D eigenvalue weighted by Gasteiger charge is 2.24. The van der Waals surface area contributed by atoms with Gasteiger partial charge in [0.1, 0.15) is 0 Å². The Bertz CT molecular complexity index is 1200. The molecule has 0 heterocycles. The number of benzene rings is 3. The second kappa shape index (κ2) is 13.0. The first-order valence-electron chi connectivity index (χ1n) is 12.1. The largest absolute Gasteiger partial charge is 0.365 e. The van der Waals surface area contributed by atoms with Crippen LogP contribution in [-0.2, 0) is 22.5 Å². The maximum absolute atomic E-state index is 13.1. The predicted molar refractivity (Wildman–Crippen MR) is 140 cm³/mol. The van der Waals surface area contributed by atoms with Crippen molar-refractivity contribution in [2.75, 3.05) is 0 Å². The molecule has 0 atom stereocenters. The normalized spacial score (nSPS) is 10.8. The van der Waals surface area contributed by atoms with Gasteiger partial charge in [0.25, 0.3) is 0 Å². The van der Waals surface area contributed by atoms with Crippen LogP contribution in [0.3, 0.4) is 0 Å². The van der Waals surface area contributed by atoms with E-state index in [0.717, 1.165) is 36.0 Å². The second-order valence-electron chi connectivity index (χ2n) is 8.64. The van der Waals surface area contributed by atoms with Crippen LogP contribution in [0, 0.1) is 13.8 Å². The van der Waals surface area contributed by atoms with Crippen molar-refractivity contribution in [3.05, 3.63) is 118 Å². The van der Waals surface area contributed by atoms with Crippen LogP contribution in [0.5, 0.6) is 0 Å². The number of carbonyl (C=O) groups excluding carboxylic acids is 3. The van der Waals surface area contributed by atoms with E-state index in [1.54, 1.807) is 30.3 Å². The Labute approximate surface area is 212 Å². The van der Waals surface area contributed by atoms with Gasteiger partial charge in [-0.05, 0) is 68.5 Å². The molecule has 6 heteroatoms. The molecule has 0 fully saturated rings. The number of nitrogens with one attached hydrogen (secondary N) is 1. The number of hydroxylamine groups is 1. The van der Waals surface area contributed by atoms with Crippen molar-refractivity contribution in [1.29, 1.82) is 0 Å². The molecule has 3 aromatic rings. The third kappa shape index (κ3) is 7.94. The molecule has 2 amide bonds. The van der Waals surface area contributed by atoms with Crippen LogP contribution >= 0.6 is 0 Å². The van der Waals surface area contributed by atoms with Crippen molar-refractivity contribution < 1.29 is 19.2 Å². The van der Waals surface area contributed by atoms with Crippen molar-refractivity contribution >= 4 is 17.8 Å². The molecule has 0 aliphatic rings. The Morgan fingerprint density at radius 2 is 1.50 bits per heavy atom. The number of aryl methyl sites for hydroxylation is 4. The monoisotopic (exact) mass is 484 g/mol. The lowest BCUT2D eigenvalue weighted by molar-refractivity contribution is -0.146. The minimum Gasteiger partial charge on any atom is -0.312 e. The second-order valence-corrected chi connectivity index (χ2v) is 8.64. The average molecular weight is 485 g/mol. The summed E-state index contributed by atoms with van der Waals surface area (Å²) in [4.78, 5) is 43.9. The number of rotatable bonds is 8. The molecular formula is C30H32N2O4. The fraction of sp³-hybridized carbons (Fsp3) is 0.233. The average Bonchev–Trinajstić information content (AvgIpc) is 2.87. The molecule has 186 valence electrons. The number of hydrogen-bond donors (Lipinski definition) is 1. The lowest BCUT2D eigenvalue weighted by Crippen LogP contribution is -2.47. The fourth-order valence-electron chi connectivity index (χ4n) is 3.71. The SMILES string of the molecule is CCc1ccc(C(=O)N(NC(=O)CC=CCCc2ccccc2)OC(=O)c2cc(C)cc(C)c2)cc1. The van der Waals surface area contributed by atoms with Crippen LogP contribution in [0.2, 0.25) is 0 Å². The number of carbonyl (C=O) groups is 3. The van der Waals surface area contributed by atoms with Gasteiger partial charge >= 0.3 is 11.9 Å². The van der Waals surface area contributed by atoms with Gasteiger partial charge in [0.15, 0.2) is 0 Å². The minimum absolute atomic E-state index is 0.0362. The Kier molecular flexibility index (Phi) is 9.57. The van der Waals surface area contributed by atoms with Crippen LogP contribution in [0.15, 0.2) is 84.9 Å². The topological polar surface area (TPSA) is 75.7 Å². The minimum atomic E-state index is -0.737. The van der Waals surface area contributed by atoms with Crippen molar-refractivity contribution in [2.24, 2.45) is 0 Å². The maximum Gasteiger partial charge on any atom is 0.365 e. The van der Waals surface area contributed by atoms with E-state index in [0.29, 0.717) is 16.3 Å². The first kappa shape index (κ1) is 26.4. The van der Waals surface area contributed by atoms with E-state index in [2.05, 4.69) is 17.6 Å².